The number of rotatable bonds is 5. The Morgan fingerprint density at radius 1 is 1.19 bits per heavy atom. The fourth-order valence-electron chi connectivity index (χ4n) is 3.80. The molecule has 27 heavy (non-hydrogen) atoms. The van der Waals surface area contributed by atoms with Crippen LogP contribution in [-0.2, 0) is 9.53 Å². The average Bonchev–Trinajstić information content (AvgIpc) is 3.16. The Morgan fingerprint density at radius 2 is 2.00 bits per heavy atom. The standard InChI is InChI=1S/C20H26N4O3/c1-13(25)22-15-3-5-16(6-4-15)23-20-21-11-14-2-7-17(10-19(14)24-20)27-18-8-9-26-12-18/h2,7,10-11,15-16,18H,3-6,8-9,12H2,1H3,(H,22,25)(H,21,23,24)/t15-,16-,18?. The zero-order valence-electron chi connectivity index (χ0n) is 15.6. The number of nitrogens with zero attached hydrogens (tertiary/aromatic N) is 2. The minimum Gasteiger partial charge on any atom is -0.488 e. The second kappa shape index (κ2) is 8.08. The number of hydrogen-bond acceptors (Lipinski definition) is 6. The van der Waals surface area contributed by atoms with Crippen LogP contribution in [0, 0.1) is 0 Å². The lowest BCUT2D eigenvalue weighted by Gasteiger charge is -2.29. The third-order valence-corrected chi connectivity index (χ3v) is 5.21. The summed E-state index contributed by atoms with van der Waals surface area (Å²) in [5.74, 6) is 1.51. The molecule has 1 saturated carbocycles. The average molecular weight is 370 g/mol. The Bertz CT molecular complexity index is 799. The summed E-state index contributed by atoms with van der Waals surface area (Å²) >= 11 is 0. The number of amides is 1. The van der Waals surface area contributed by atoms with Gasteiger partial charge in [-0.25, -0.2) is 9.97 Å². The quantitative estimate of drug-likeness (QED) is 0.842. The van der Waals surface area contributed by atoms with Crippen LogP contribution in [0.3, 0.4) is 0 Å². The van der Waals surface area contributed by atoms with Gasteiger partial charge in [0.25, 0.3) is 0 Å². The van der Waals surface area contributed by atoms with E-state index in [0.29, 0.717) is 18.6 Å². The maximum atomic E-state index is 11.2. The Balaban J connectivity index is 1.39. The van der Waals surface area contributed by atoms with Gasteiger partial charge in [0.05, 0.1) is 18.7 Å². The van der Waals surface area contributed by atoms with Gasteiger partial charge in [-0.05, 0) is 37.8 Å². The van der Waals surface area contributed by atoms with Crippen molar-refractivity contribution in [3.63, 3.8) is 0 Å². The van der Waals surface area contributed by atoms with Gasteiger partial charge < -0.3 is 20.1 Å². The third kappa shape index (κ3) is 4.66. The molecular weight excluding hydrogens is 344 g/mol. The molecule has 2 aromatic rings. The van der Waals surface area contributed by atoms with E-state index in [1.54, 1.807) is 6.92 Å². The predicted octanol–water partition coefficient (Wildman–Crippen LogP) is 2.66. The topological polar surface area (TPSA) is 85.4 Å². The van der Waals surface area contributed by atoms with E-state index in [1.165, 1.54) is 0 Å². The first-order valence-electron chi connectivity index (χ1n) is 9.70. The zero-order valence-corrected chi connectivity index (χ0v) is 15.6. The largest absolute Gasteiger partial charge is 0.488 e. The van der Waals surface area contributed by atoms with E-state index in [1.807, 2.05) is 24.4 Å². The molecule has 1 aromatic carbocycles. The summed E-state index contributed by atoms with van der Waals surface area (Å²) < 4.78 is 11.3. The van der Waals surface area contributed by atoms with Crippen molar-refractivity contribution in [2.24, 2.45) is 0 Å². The molecule has 1 aromatic heterocycles. The molecule has 0 bridgehead atoms. The molecule has 1 aliphatic heterocycles. The van der Waals surface area contributed by atoms with Gasteiger partial charge in [0.2, 0.25) is 11.9 Å². The van der Waals surface area contributed by atoms with Gasteiger partial charge in [-0.15, -0.1) is 0 Å². The normalized spacial score (nSPS) is 25.3. The monoisotopic (exact) mass is 370 g/mol. The number of aromatic nitrogens is 2. The molecule has 2 fully saturated rings. The van der Waals surface area contributed by atoms with Crippen molar-refractivity contribution >= 4 is 22.8 Å². The van der Waals surface area contributed by atoms with Gasteiger partial charge in [-0.2, -0.15) is 0 Å². The molecule has 7 heteroatoms. The Morgan fingerprint density at radius 3 is 2.74 bits per heavy atom. The van der Waals surface area contributed by atoms with Gasteiger partial charge in [-0.1, -0.05) is 0 Å². The molecule has 2 heterocycles. The van der Waals surface area contributed by atoms with Gasteiger partial charge in [0.1, 0.15) is 11.9 Å². The van der Waals surface area contributed by atoms with Gasteiger partial charge >= 0.3 is 0 Å². The number of carbonyl (C=O) groups is 1. The van der Waals surface area contributed by atoms with Crippen molar-refractivity contribution < 1.29 is 14.3 Å². The van der Waals surface area contributed by atoms with Gasteiger partial charge in [0, 0.05) is 43.1 Å². The van der Waals surface area contributed by atoms with E-state index >= 15 is 0 Å². The molecule has 2 N–H and O–H groups in total. The van der Waals surface area contributed by atoms with Crippen molar-refractivity contribution in [2.45, 2.75) is 57.2 Å². The van der Waals surface area contributed by atoms with E-state index in [-0.39, 0.29) is 18.1 Å². The van der Waals surface area contributed by atoms with Crippen molar-refractivity contribution in [3.8, 4) is 5.75 Å². The predicted molar refractivity (Wildman–Crippen MR) is 103 cm³/mol. The maximum absolute atomic E-state index is 11.2. The number of ether oxygens (including phenoxy) is 2. The molecule has 0 spiro atoms. The van der Waals surface area contributed by atoms with E-state index in [4.69, 9.17) is 9.47 Å². The number of anilines is 1. The Hall–Kier alpha value is -2.41. The summed E-state index contributed by atoms with van der Waals surface area (Å²) in [7, 11) is 0. The van der Waals surface area contributed by atoms with Crippen LogP contribution in [-0.4, -0.2) is 47.3 Å². The van der Waals surface area contributed by atoms with Crippen molar-refractivity contribution in [2.75, 3.05) is 18.5 Å². The molecule has 2 aliphatic rings. The molecule has 144 valence electrons. The number of fused-ring (bicyclic) bond motifs is 1. The van der Waals surface area contributed by atoms with Crippen LogP contribution >= 0.6 is 0 Å². The molecular formula is C20H26N4O3. The van der Waals surface area contributed by atoms with Crippen LogP contribution in [0.2, 0.25) is 0 Å². The summed E-state index contributed by atoms with van der Waals surface area (Å²) in [4.78, 5) is 20.3. The fraction of sp³-hybridized carbons (Fsp3) is 0.550. The number of nitrogens with one attached hydrogen (secondary N) is 2. The molecule has 1 saturated heterocycles. The molecule has 1 aliphatic carbocycles. The Labute approximate surface area is 158 Å². The number of benzene rings is 1. The van der Waals surface area contributed by atoms with Crippen LogP contribution in [0.5, 0.6) is 5.75 Å². The highest BCUT2D eigenvalue weighted by atomic mass is 16.5. The van der Waals surface area contributed by atoms with Crippen LogP contribution in [0.1, 0.15) is 39.0 Å². The van der Waals surface area contributed by atoms with Crippen LogP contribution < -0.4 is 15.4 Å². The summed E-state index contributed by atoms with van der Waals surface area (Å²) in [6, 6.07) is 6.54. The molecule has 1 atom stereocenters. The van der Waals surface area contributed by atoms with Gasteiger partial charge in [0.15, 0.2) is 0 Å². The highest BCUT2D eigenvalue weighted by Gasteiger charge is 2.22. The smallest absolute Gasteiger partial charge is 0.223 e. The van der Waals surface area contributed by atoms with Crippen LogP contribution in [0.4, 0.5) is 5.95 Å². The second-order valence-electron chi connectivity index (χ2n) is 7.41. The third-order valence-electron chi connectivity index (χ3n) is 5.21. The number of hydrogen-bond donors (Lipinski definition) is 2. The zero-order chi connectivity index (χ0) is 18.6. The van der Waals surface area contributed by atoms with E-state index in [0.717, 1.165) is 55.4 Å². The lowest BCUT2D eigenvalue weighted by atomic mass is 9.91. The second-order valence-corrected chi connectivity index (χ2v) is 7.41. The first kappa shape index (κ1) is 18.0. The summed E-state index contributed by atoms with van der Waals surface area (Å²) in [5.41, 5.74) is 0.871. The molecule has 1 unspecified atom stereocenters. The van der Waals surface area contributed by atoms with E-state index < -0.39 is 0 Å². The summed E-state index contributed by atoms with van der Waals surface area (Å²) in [6.45, 7) is 2.99. The highest BCUT2D eigenvalue weighted by molar-refractivity contribution is 5.80. The minimum atomic E-state index is 0.0476. The summed E-state index contributed by atoms with van der Waals surface area (Å²) in [6.07, 6.45) is 6.85. The van der Waals surface area contributed by atoms with Crippen molar-refractivity contribution in [1.82, 2.24) is 15.3 Å². The van der Waals surface area contributed by atoms with E-state index in [2.05, 4.69) is 20.6 Å². The fourth-order valence-corrected chi connectivity index (χ4v) is 3.80. The molecule has 4 rings (SSSR count). The summed E-state index contributed by atoms with van der Waals surface area (Å²) in [5, 5.41) is 7.44. The van der Waals surface area contributed by atoms with Crippen LogP contribution in [0.15, 0.2) is 24.4 Å². The molecule has 7 nitrogen and oxygen atoms in total. The lowest BCUT2D eigenvalue weighted by molar-refractivity contribution is -0.119. The molecule has 1 amide bonds. The van der Waals surface area contributed by atoms with Crippen molar-refractivity contribution in [3.05, 3.63) is 24.4 Å². The maximum Gasteiger partial charge on any atom is 0.223 e. The first-order valence-corrected chi connectivity index (χ1v) is 9.70. The lowest BCUT2D eigenvalue weighted by Crippen LogP contribution is -2.39. The SMILES string of the molecule is CC(=O)N[C@H]1CC[C@H](Nc2ncc3ccc(OC4CCOC4)cc3n2)CC1. The highest BCUT2D eigenvalue weighted by Crippen LogP contribution is 2.24. The first-order chi connectivity index (χ1) is 13.2. The van der Waals surface area contributed by atoms with Gasteiger partial charge in [-0.3, -0.25) is 4.79 Å². The van der Waals surface area contributed by atoms with E-state index in [9.17, 15) is 4.79 Å². The molecule has 0 radical (unpaired) electrons. The minimum absolute atomic E-state index is 0.0476. The Kier molecular flexibility index (Phi) is 5.38. The number of carbonyl (C=O) groups excluding carboxylic acids is 1. The van der Waals surface area contributed by atoms with Crippen LogP contribution in [0.25, 0.3) is 10.9 Å². The van der Waals surface area contributed by atoms with Crippen molar-refractivity contribution in [1.29, 1.82) is 0 Å².